The van der Waals surface area contributed by atoms with Crippen LogP contribution in [0.4, 0.5) is 15.2 Å². The topological polar surface area (TPSA) is 102 Å². The molecule has 0 atom stereocenters. The molecular formula is C16H15FN6O2S2. The zero-order chi connectivity index (χ0) is 19.2. The molecule has 0 bridgehead atoms. The van der Waals surface area contributed by atoms with E-state index in [2.05, 4.69) is 25.8 Å². The van der Waals surface area contributed by atoms with Crippen LogP contribution in [0.1, 0.15) is 5.82 Å². The van der Waals surface area contributed by atoms with Crippen LogP contribution >= 0.6 is 23.1 Å². The van der Waals surface area contributed by atoms with Crippen molar-refractivity contribution in [2.75, 3.05) is 16.4 Å². The maximum Gasteiger partial charge on any atom is 0.236 e. The summed E-state index contributed by atoms with van der Waals surface area (Å²) in [7, 11) is 1.72. The predicted molar refractivity (Wildman–Crippen MR) is 101 cm³/mol. The minimum absolute atomic E-state index is 0.00669. The zero-order valence-corrected chi connectivity index (χ0v) is 15.8. The van der Waals surface area contributed by atoms with Crippen LogP contribution in [-0.2, 0) is 23.1 Å². The Kier molecular flexibility index (Phi) is 6.14. The van der Waals surface area contributed by atoms with Gasteiger partial charge in [-0.15, -0.1) is 21.5 Å². The molecule has 0 spiro atoms. The molecule has 3 rings (SSSR count). The van der Waals surface area contributed by atoms with Gasteiger partial charge in [0.15, 0.2) is 10.3 Å². The minimum Gasteiger partial charge on any atom is -0.326 e. The summed E-state index contributed by atoms with van der Waals surface area (Å²) in [5.41, 5.74) is 0.497. The number of thioether (sulfide) groups is 1. The third-order valence-electron chi connectivity index (χ3n) is 3.38. The van der Waals surface area contributed by atoms with Gasteiger partial charge in [0.05, 0.1) is 12.2 Å². The SMILES string of the molecule is Cn1c(CC(=O)Nc2ccc(F)cc2)nnc1SCC(=O)Nc1nccs1. The van der Waals surface area contributed by atoms with Crippen molar-refractivity contribution < 1.29 is 14.0 Å². The van der Waals surface area contributed by atoms with E-state index in [1.165, 1.54) is 47.4 Å². The standard InChI is InChI=1S/C16H15FN6O2S2/c1-23-12(8-13(24)19-11-4-2-10(17)3-5-11)21-22-16(23)27-9-14(25)20-15-18-6-7-26-15/h2-7H,8-9H2,1H3,(H,19,24)(H,18,20,25). The van der Waals surface area contributed by atoms with E-state index in [1.54, 1.807) is 23.2 Å². The number of nitrogens with one attached hydrogen (secondary N) is 2. The van der Waals surface area contributed by atoms with Crippen molar-refractivity contribution in [2.45, 2.75) is 11.6 Å². The minimum atomic E-state index is -0.373. The summed E-state index contributed by atoms with van der Waals surface area (Å²) in [6.07, 6.45) is 1.62. The highest BCUT2D eigenvalue weighted by atomic mass is 32.2. The summed E-state index contributed by atoms with van der Waals surface area (Å²) in [5.74, 6) is -0.268. The third kappa shape index (κ3) is 5.34. The van der Waals surface area contributed by atoms with Crippen molar-refractivity contribution in [1.29, 1.82) is 0 Å². The highest BCUT2D eigenvalue weighted by Gasteiger charge is 2.15. The predicted octanol–water partition coefficient (Wildman–Crippen LogP) is 2.32. The Bertz CT molecular complexity index is 927. The quantitative estimate of drug-likeness (QED) is 0.584. The van der Waals surface area contributed by atoms with Gasteiger partial charge in [0, 0.05) is 24.3 Å². The number of halogens is 1. The highest BCUT2D eigenvalue weighted by Crippen LogP contribution is 2.17. The van der Waals surface area contributed by atoms with Gasteiger partial charge in [-0.2, -0.15) is 0 Å². The lowest BCUT2D eigenvalue weighted by atomic mass is 10.3. The molecular weight excluding hydrogens is 391 g/mol. The Balaban J connectivity index is 1.52. The van der Waals surface area contributed by atoms with Crippen molar-refractivity contribution in [3.8, 4) is 0 Å². The van der Waals surface area contributed by atoms with Crippen molar-refractivity contribution in [1.82, 2.24) is 19.7 Å². The Hall–Kier alpha value is -2.79. The van der Waals surface area contributed by atoms with E-state index in [9.17, 15) is 14.0 Å². The summed E-state index contributed by atoms with van der Waals surface area (Å²) in [6, 6.07) is 5.49. The van der Waals surface area contributed by atoms with Gasteiger partial charge in [0.1, 0.15) is 11.6 Å². The molecule has 11 heteroatoms. The average Bonchev–Trinajstić information content (AvgIpc) is 3.26. The number of hydrogen-bond donors (Lipinski definition) is 2. The second-order valence-corrected chi connectivity index (χ2v) is 7.20. The van der Waals surface area contributed by atoms with Crippen LogP contribution in [0, 0.1) is 5.82 Å². The van der Waals surface area contributed by atoms with Crippen molar-refractivity contribution in [3.05, 3.63) is 47.5 Å². The first-order chi connectivity index (χ1) is 13.0. The maximum atomic E-state index is 12.9. The van der Waals surface area contributed by atoms with E-state index >= 15 is 0 Å². The van der Waals surface area contributed by atoms with Crippen LogP contribution < -0.4 is 10.6 Å². The third-order valence-corrected chi connectivity index (χ3v) is 5.09. The number of thiazole rings is 1. The molecule has 0 radical (unpaired) electrons. The largest absolute Gasteiger partial charge is 0.326 e. The number of aromatic nitrogens is 4. The fourth-order valence-electron chi connectivity index (χ4n) is 2.08. The smallest absolute Gasteiger partial charge is 0.236 e. The van der Waals surface area contributed by atoms with E-state index in [0.29, 0.717) is 21.8 Å². The number of nitrogens with zero attached hydrogens (tertiary/aromatic N) is 4. The molecule has 2 aromatic heterocycles. The summed E-state index contributed by atoms with van der Waals surface area (Å²) in [6.45, 7) is 0. The monoisotopic (exact) mass is 406 g/mol. The molecule has 0 fully saturated rings. The van der Waals surface area contributed by atoms with Gasteiger partial charge in [0.2, 0.25) is 11.8 Å². The molecule has 2 heterocycles. The van der Waals surface area contributed by atoms with Crippen LogP contribution in [0.2, 0.25) is 0 Å². The lowest BCUT2D eigenvalue weighted by molar-refractivity contribution is -0.116. The van der Waals surface area contributed by atoms with E-state index in [1.807, 2.05) is 0 Å². The summed E-state index contributed by atoms with van der Waals surface area (Å²) >= 11 is 2.55. The first-order valence-corrected chi connectivity index (χ1v) is 9.63. The molecule has 0 aliphatic heterocycles. The van der Waals surface area contributed by atoms with Gasteiger partial charge in [-0.25, -0.2) is 9.37 Å². The highest BCUT2D eigenvalue weighted by molar-refractivity contribution is 7.99. The van der Waals surface area contributed by atoms with E-state index in [-0.39, 0.29) is 29.8 Å². The fraction of sp³-hybridized carbons (Fsp3) is 0.188. The van der Waals surface area contributed by atoms with Crippen molar-refractivity contribution in [2.24, 2.45) is 7.05 Å². The lowest BCUT2D eigenvalue weighted by Crippen LogP contribution is -2.17. The number of anilines is 2. The van der Waals surface area contributed by atoms with Crippen LogP contribution in [0.25, 0.3) is 0 Å². The molecule has 2 N–H and O–H groups in total. The Morgan fingerprint density at radius 2 is 1.96 bits per heavy atom. The summed E-state index contributed by atoms with van der Waals surface area (Å²) < 4.78 is 14.6. The number of hydrogen-bond acceptors (Lipinski definition) is 7. The second-order valence-electron chi connectivity index (χ2n) is 5.36. The first kappa shape index (κ1) is 19.0. The van der Waals surface area contributed by atoms with Gasteiger partial charge in [-0.05, 0) is 24.3 Å². The number of carbonyl (C=O) groups is 2. The normalized spacial score (nSPS) is 10.6. The van der Waals surface area contributed by atoms with E-state index in [0.717, 1.165) is 0 Å². The van der Waals surface area contributed by atoms with E-state index in [4.69, 9.17) is 0 Å². The van der Waals surface area contributed by atoms with Gasteiger partial charge in [-0.1, -0.05) is 11.8 Å². The maximum absolute atomic E-state index is 12.9. The van der Waals surface area contributed by atoms with Crippen molar-refractivity contribution in [3.63, 3.8) is 0 Å². The molecule has 0 aliphatic rings. The Morgan fingerprint density at radius 3 is 2.67 bits per heavy atom. The van der Waals surface area contributed by atoms with Crippen LogP contribution in [0.15, 0.2) is 41.0 Å². The summed E-state index contributed by atoms with van der Waals surface area (Å²) in [4.78, 5) is 28.0. The number of amides is 2. The number of carbonyl (C=O) groups excluding carboxylic acids is 2. The molecule has 0 unspecified atom stereocenters. The lowest BCUT2D eigenvalue weighted by Gasteiger charge is -2.06. The first-order valence-electron chi connectivity index (χ1n) is 7.77. The second kappa shape index (κ2) is 8.73. The molecule has 0 saturated heterocycles. The van der Waals surface area contributed by atoms with Gasteiger partial charge < -0.3 is 15.2 Å². The van der Waals surface area contributed by atoms with Crippen LogP contribution in [0.5, 0.6) is 0 Å². The van der Waals surface area contributed by atoms with Crippen LogP contribution in [-0.4, -0.2) is 37.3 Å². The average molecular weight is 406 g/mol. The molecule has 3 aromatic rings. The zero-order valence-electron chi connectivity index (χ0n) is 14.2. The van der Waals surface area contributed by atoms with Gasteiger partial charge >= 0.3 is 0 Å². The number of benzene rings is 1. The molecule has 0 saturated carbocycles. The molecule has 1 aromatic carbocycles. The Morgan fingerprint density at radius 1 is 1.19 bits per heavy atom. The van der Waals surface area contributed by atoms with Crippen molar-refractivity contribution >= 4 is 45.7 Å². The Labute approximate surface area is 162 Å². The fourth-order valence-corrected chi connectivity index (χ4v) is 3.35. The number of rotatable bonds is 7. The molecule has 2 amide bonds. The molecule has 140 valence electrons. The van der Waals surface area contributed by atoms with E-state index < -0.39 is 0 Å². The summed E-state index contributed by atoms with van der Waals surface area (Å²) in [5, 5.41) is 16.2. The molecule has 0 aliphatic carbocycles. The van der Waals surface area contributed by atoms with Gasteiger partial charge in [-0.3, -0.25) is 9.59 Å². The molecule has 27 heavy (non-hydrogen) atoms. The van der Waals surface area contributed by atoms with Gasteiger partial charge in [0.25, 0.3) is 0 Å². The van der Waals surface area contributed by atoms with Crippen LogP contribution in [0.3, 0.4) is 0 Å². The molecule has 8 nitrogen and oxygen atoms in total.